The second-order valence-corrected chi connectivity index (χ2v) is 9.80. The molecule has 3 rings (SSSR count). The number of carbonyl (C=O) groups excluding carboxylic acids is 3. The van der Waals surface area contributed by atoms with Gasteiger partial charge in [0, 0.05) is 32.2 Å². The van der Waals surface area contributed by atoms with E-state index >= 15 is 0 Å². The molecule has 3 heterocycles. The highest BCUT2D eigenvalue weighted by Gasteiger charge is 2.74. The number of aliphatic hydroxyl groups is 1. The Balaban J connectivity index is 2.01. The lowest BCUT2D eigenvalue weighted by Crippen LogP contribution is -2.58. The van der Waals surface area contributed by atoms with Crippen LogP contribution >= 0.6 is 0 Å². The van der Waals surface area contributed by atoms with Crippen LogP contribution in [0.25, 0.3) is 0 Å². The van der Waals surface area contributed by atoms with E-state index in [2.05, 4.69) is 20.1 Å². The van der Waals surface area contributed by atoms with Crippen molar-refractivity contribution < 1.29 is 24.2 Å². The van der Waals surface area contributed by atoms with Gasteiger partial charge in [0.15, 0.2) is 0 Å². The quantitative estimate of drug-likeness (QED) is 0.412. The van der Waals surface area contributed by atoms with Crippen molar-refractivity contribution >= 4 is 17.7 Å². The highest BCUT2D eigenvalue weighted by atomic mass is 16.5. The lowest BCUT2D eigenvalue weighted by molar-refractivity contribution is -0.150. The highest BCUT2D eigenvalue weighted by Crippen LogP contribution is 2.58. The zero-order chi connectivity index (χ0) is 25.0. The molecular formula is C26H41N3O5. The number of ether oxygens (including phenoxy) is 1. The van der Waals surface area contributed by atoms with Gasteiger partial charge in [-0.25, -0.2) is 0 Å². The van der Waals surface area contributed by atoms with Crippen LogP contribution in [-0.4, -0.2) is 94.1 Å². The Kier molecular flexibility index (Phi) is 8.57. The summed E-state index contributed by atoms with van der Waals surface area (Å²) in [7, 11) is 0. The smallest absolute Gasteiger partial charge is 0.248 e. The van der Waals surface area contributed by atoms with Gasteiger partial charge >= 0.3 is 0 Å². The summed E-state index contributed by atoms with van der Waals surface area (Å²) in [5.41, 5.74) is -1.04. The number of hydrogen-bond acceptors (Lipinski definition) is 5. The number of aliphatic hydroxyl groups excluding tert-OH is 1. The van der Waals surface area contributed by atoms with Gasteiger partial charge < -0.3 is 24.5 Å². The molecule has 3 amide bonds. The first kappa shape index (κ1) is 26.4. The van der Waals surface area contributed by atoms with Crippen LogP contribution in [0.15, 0.2) is 25.3 Å². The lowest BCUT2D eigenvalue weighted by Gasteiger charge is -2.38. The van der Waals surface area contributed by atoms with E-state index in [1.807, 2.05) is 13.8 Å². The van der Waals surface area contributed by atoms with Crippen LogP contribution in [0.3, 0.4) is 0 Å². The van der Waals surface area contributed by atoms with Gasteiger partial charge in [0.25, 0.3) is 0 Å². The molecule has 0 radical (unpaired) electrons. The second kappa shape index (κ2) is 11.0. The van der Waals surface area contributed by atoms with Gasteiger partial charge in [-0.2, -0.15) is 0 Å². The Morgan fingerprint density at radius 3 is 2.53 bits per heavy atom. The molecule has 8 nitrogen and oxygen atoms in total. The first-order valence-electron chi connectivity index (χ1n) is 12.7. The van der Waals surface area contributed by atoms with Crippen LogP contribution in [0.4, 0.5) is 0 Å². The fraction of sp³-hybridized carbons (Fsp3) is 0.731. The third-order valence-electron chi connectivity index (χ3n) is 7.66. The Labute approximate surface area is 203 Å². The Bertz CT molecular complexity index is 801. The van der Waals surface area contributed by atoms with E-state index in [0.29, 0.717) is 32.5 Å². The normalized spacial score (nSPS) is 30.2. The summed E-state index contributed by atoms with van der Waals surface area (Å²) in [5, 5.41) is 9.75. The number of carbonyl (C=O) groups is 3. The molecular weight excluding hydrogens is 434 g/mol. The van der Waals surface area contributed by atoms with Crippen LogP contribution in [0.1, 0.15) is 52.9 Å². The maximum absolute atomic E-state index is 14.0. The summed E-state index contributed by atoms with van der Waals surface area (Å²) < 4.78 is 6.48. The Hall–Kier alpha value is -2.19. The van der Waals surface area contributed by atoms with Crippen LogP contribution in [0, 0.1) is 11.8 Å². The molecule has 0 aliphatic carbocycles. The molecule has 34 heavy (non-hydrogen) atoms. The van der Waals surface area contributed by atoms with Crippen molar-refractivity contribution in [1.82, 2.24) is 14.7 Å². The van der Waals surface area contributed by atoms with Crippen LogP contribution in [-0.2, 0) is 19.1 Å². The molecule has 1 spiro atoms. The number of nitrogens with zero attached hydrogens (tertiary/aromatic N) is 3. The minimum atomic E-state index is -1.04. The fourth-order valence-electron chi connectivity index (χ4n) is 6.35. The van der Waals surface area contributed by atoms with Gasteiger partial charge in [0.1, 0.15) is 11.6 Å². The molecule has 8 heteroatoms. The molecule has 0 aromatic rings. The van der Waals surface area contributed by atoms with Crippen molar-refractivity contribution in [2.24, 2.45) is 11.8 Å². The SMILES string of the molecule is C=CCN(CCC)C(=O)[C@@H]1[C@@H]2CCC3(O2)C(C(=O)N(CC=C)C(C)CCC)N(CCO)C(=O)[C@H]13. The van der Waals surface area contributed by atoms with E-state index in [0.717, 1.165) is 19.3 Å². The van der Waals surface area contributed by atoms with Gasteiger partial charge in [0.2, 0.25) is 17.7 Å². The van der Waals surface area contributed by atoms with E-state index in [4.69, 9.17) is 4.74 Å². The third kappa shape index (κ3) is 4.31. The van der Waals surface area contributed by atoms with E-state index in [1.165, 1.54) is 4.90 Å². The monoisotopic (exact) mass is 475 g/mol. The Morgan fingerprint density at radius 2 is 1.94 bits per heavy atom. The molecule has 3 fully saturated rings. The van der Waals surface area contributed by atoms with Gasteiger partial charge in [-0.15, -0.1) is 13.2 Å². The maximum Gasteiger partial charge on any atom is 0.248 e. The largest absolute Gasteiger partial charge is 0.395 e. The van der Waals surface area contributed by atoms with Crippen molar-refractivity contribution in [3.8, 4) is 0 Å². The first-order chi connectivity index (χ1) is 16.3. The number of rotatable bonds is 13. The molecule has 3 aliphatic heterocycles. The van der Waals surface area contributed by atoms with Crippen molar-refractivity contribution in [2.45, 2.75) is 76.7 Å². The highest BCUT2D eigenvalue weighted by molar-refractivity contribution is 5.99. The van der Waals surface area contributed by atoms with Gasteiger partial charge in [-0.1, -0.05) is 32.4 Å². The molecule has 3 unspecified atom stereocenters. The minimum absolute atomic E-state index is 0.0271. The number of likely N-dealkylation sites (tertiary alicyclic amines) is 1. The van der Waals surface area contributed by atoms with Gasteiger partial charge in [0.05, 0.1) is 24.5 Å². The molecule has 2 bridgehead atoms. The topological polar surface area (TPSA) is 90.4 Å². The van der Waals surface area contributed by atoms with Crippen LogP contribution in [0.2, 0.25) is 0 Å². The van der Waals surface area contributed by atoms with Crippen molar-refractivity contribution in [2.75, 3.05) is 32.8 Å². The molecule has 0 aromatic carbocycles. The van der Waals surface area contributed by atoms with Gasteiger partial charge in [-0.3, -0.25) is 14.4 Å². The average Bonchev–Trinajstić information content (AvgIpc) is 3.44. The number of fused-ring (bicyclic) bond motifs is 1. The van der Waals surface area contributed by atoms with Crippen molar-refractivity contribution in [1.29, 1.82) is 0 Å². The zero-order valence-electron chi connectivity index (χ0n) is 20.9. The summed E-state index contributed by atoms with van der Waals surface area (Å²) in [6, 6.07) is -0.876. The zero-order valence-corrected chi connectivity index (χ0v) is 20.9. The third-order valence-corrected chi connectivity index (χ3v) is 7.66. The van der Waals surface area contributed by atoms with Crippen molar-refractivity contribution in [3.63, 3.8) is 0 Å². The van der Waals surface area contributed by atoms with E-state index in [-0.39, 0.29) is 43.0 Å². The Morgan fingerprint density at radius 1 is 1.24 bits per heavy atom. The van der Waals surface area contributed by atoms with E-state index in [1.54, 1.807) is 22.0 Å². The van der Waals surface area contributed by atoms with E-state index in [9.17, 15) is 19.5 Å². The molecule has 0 aromatic heterocycles. The molecule has 3 saturated heterocycles. The number of hydrogen-bond donors (Lipinski definition) is 1. The standard InChI is InChI=1S/C26H41N3O5/c1-6-10-18(5)28(15-9-4)25(33)22-26-12-11-19(34-26)20(21(26)24(32)29(22)16-17-30)23(31)27(13-7-2)14-8-3/h7,9,18-22,30H,2,4,6,8,10-17H2,1,3,5H3/t18?,19-,20+,21-,22?,26?/m0/s1. The minimum Gasteiger partial charge on any atom is -0.395 e. The molecule has 0 saturated carbocycles. The van der Waals surface area contributed by atoms with E-state index < -0.39 is 23.5 Å². The summed E-state index contributed by atoms with van der Waals surface area (Å²) in [6.45, 7) is 14.8. The average molecular weight is 476 g/mol. The first-order valence-corrected chi connectivity index (χ1v) is 12.7. The summed E-state index contributed by atoms with van der Waals surface area (Å²) >= 11 is 0. The summed E-state index contributed by atoms with van der Waals surface area (Å²) in [6.07, 6.45) is 6.75. The van der Waals surface area contributed by atoms with Crippen molar-refractivity contribution in [3.05, 3.63) is 25.3 Å². The summed E-state index contributed by atoms with van der Waals surface area (Å²) in [5.74, 6) is -1.88. The molecule has 6 atom stereocenters. The second-order valence-electron chi connectivity index (χ2n) is 9.80. The summed E-state index contributed by atoms with van der Waals surface area (Å²) in [4.78, 5) is 46.4. The predicted molar refractivity (Wildman–Crippen MR) is 130 cm³/mol. The maximum atomic E-state index is 14.0. The number of β-amino-alcohol motifs (C(OH)–C–C–N with tert-alkyl or cyclic N) is 1. The van der Waals surface area contributed by atoms with Gasteiger partial charge in [-0.05, 0) is 32.6 Å². The van der Waals surface area contributed by atoms with Crippen LogP contribution in [0.5, 0.6) is 0 Å². The predicted octanol–water partition coefficient (Wildman–Crippen LogP) is 1.98. The number of amides is 3. The fourth-order valence-corrected chi connectivity index (χ4v) is 6.35. The molecule has 3 aliphatic rings. The lowest BCUT2D eigenvalue weighted by atomic mass is 9.70. The van der Waals surface area contributed by atoms with Crippen LogP contribution < -0.4 is 0 Å². The molecule has 190 valence electrons. The molecule has 1 N–H and O–H groups in total.